The van der Waals surface area contributed by atoms with Gasteiger partial charge in [0.2, 0.25) is 5.78 Å². The van der Waals surface area contributed by atoms with Crippen molar-refractivity contribution >= 4 is 17.1 Å². The number of nitriles is 1. The molecule has 0 aliphatic heterocycles. The molecule has 4 nitrogen and oxygen atoms in total. The van der Waals surface area contributed by atoms with Crippen molar-refractivity contribution in [2.75, 3.05) is 0 Å². The minimum Gasteiger partial charge on any atom is -0.324 e. The molecular formula is C13H10N2O2S. The summed E-state index contributed by atoms with van der Waals surface area (Å²) in [6.45, 7) is 1.85. The highest BCUT2D eigenvalue weighted by Gasteiger charge is 2.16. The maximum absolute atomic E-state index is 12.2. The van der Waals surface area contributed by atoms with Crippen molar-refractivity contribution < 1.29 is 4.79 Å². The molecule has 5 heteroatoms. The summed E-state index contributed by atoms with van der Waals surface area (Å²) in [7, 11) is 0. The molecule has 0 atom stereocenters. The summed E-state index contributed by atoms with van der Waals surface area (Å²) in [5.74, 6) is -0.158. The van der Waals surface area contributed by atoms with Crippen LogP contribution in [0.2, 0.25) is 0 Å². The van der Waals surface area contributed by atoms with Gasteiger partial charge in [-0.15, -0.1) is 11.3 Å². The van der Waals surface area contributed by atoms with Crippen LogP contribution in [0.25, 0.3) is 0 Å². The molecule has 0 radical (unpaired) electrons. The predicted molar refractivity (Wildman–Crippen MR) is 68.9 cm³/mol. The average molecular weight is 258 g/mol. The zero-order valence-corrected chi connectivity index (χ0v) is 10.5. The van der Waals surface area contributed by atoms with Gasteiger partial charge in [0.25, 0.3) is 5.56 Å². The Bertz CT molecular complexity index is 678. The Kier molecular flexibility index (Phi) is 3.40. The molecule has 0 saturated carbocycles. The molecule has 0 aliphatic carbocycles. The monoisotopic (exact) mass is 258 g/mol. The second-order valence-corrected chi connectivity index (χ2v) is 4.62. The minimum atomic E-state index is -0.447. The molecule has 0 fully saturated rings. The number of aryl methyl sites for hydroxylation is 1. The number of aromatic amines is 1. The molecule has 0 aliphatic rings. The lowest BCUT2D eigenvalue weighted by atomic mass is 10.0. The van der Waals surface area contributed by atoms with Crippen molar-refractivity contribution in [3.63, 3.8) is 0 Å². The van der Waals surface area contributed by atoms with E-state index in [4.69, 9.17) is 5.26 Å². The van der Waals surface area contributed by atoms with Crippen LogP contribution in [-0.2, 0) is 6.42 Å². The van der Waals surface area contributed by atoms with Crippen LogP contribution in [0, 0.1) is 11.3 Å². The van der Waals surface area contributed by atoms with Gasteiger partial charge in [-0.3, -0.25) is 9.59 Å². The number of carbonyl (C=O) groups is 1. The summed E-state index contributed by atoms with van der Waals surface area (Å²) < 4.78 is 0. The van der Waals surface area contributed by atoms with Crippen LogP contribution in [0.3, 0.4) is 0 Å². The maximum Gasteiger partial charge on any atom is 0.266 e. The van der Waals surface area contributed by atoms with E-state index in [1.54, 1.807) is 18.2 Å². The first-order valence-electron chi connectivity index (χ1n) is 5.42. The van der Waals surface area contributed by atoms with Crippen LogP contribution in [0.1, 0.15) is 33.4 Å². The first-order valence-corrected chi connectivity index (χ1v) is 6.29. The number of thiophene rings is 1. The van der Waals surface area contributed by atoms with Crippen molar-refractivity contribution in [3.05, 3.63) is 55.6 Å². The number of hydrogen-bond donors (Lipinski definition) is 1. The Hall–Kier alpha value is -2.19. The first-order chi connectivity index (χ1) is 8.67. The number of aromatic nitrogens is 1. The lowest BCUT2D eigenvalue weighted by Crippen LogP contribution is -2.17. The van der Waals surface area contributed by atoms with Gasteiger partial charge in [-0.25, -0.2) is 0 Å². The van der Waals surface area contributed by atoms with Crippen LogP contribution < -0.4 is 5.56 Å². The molecule has 1 N–H and O–H groups in total. The summed E-state index contributed by atoms with van der Waals surface area (Å²) in [6.07, 6.45) is 0.535. The second kappa shape index (κ2) is 4.98. The van der Waals surface area contributed by atoms with E-state index in [0.717, 1.165) is 0 Å². The van der Waals surface area contributed by atoms with E-state index in [0.29, 0.717) is 22.6 Å². The zero-order chi connectivity index (χ0) is 13.1. The molecule has 2 aromatic rings. The topological polar surface area (TPSA) is 73.7 Å². The predicted octanol–water partition coefficient (Wildman–Crippen LogP) is 2.10. The number of nitrogens with one attached hydrogen (secondary N) is 1. The largest absolute Gasteiger partial charge is 0.324 e. The molecular weight excluding hydrogens is 248 g/mol. The molecule has 0 amide bonds. The Morgan fingerprint density at radius 2 is 2.33 bits per heavy atom. The first kappa shape index (κ1) is 12.3. The van der Waals surface area contributed by atoms with Gasteiger partial charge in [0.05, 0.1) is 4.88 Å². The summed E-state index contributed by atoms with van der Waals surface area (Å²) in [5.41, 5.74) is 0.484. The van der Waals surface area contributed by atoms with E-state index in [1.807, 2.05) is 12.3 Å². The fourth-order valence-electron chi connectivity index (χ4n) is 1.67. The molecule has 0 aromatic carbocycles. The molecule has 0 spiro atoms. The van der Waals surface area contributed by atoms with Gasteiger partial charge in [-0.05, 0) is 23.9 Å². The van der Waals surface area contributed by atoms with Crippen LogP contribution in [0.4, 0.5) is 0 Å². The lowest BCUT2D eigenvalue weighted by Gasteiger charge is -2.05. The van der Waals surface area contributed by atoms with Crippen LogP contribution >= 0.6 is 11.3 Å². The van der Waals surface area contributed by atoms with Crippen molar-refractivity contribution in [1.29, 1.82) is 5.26 Å². The number of carbonyl (C=O) groups excluding carboxylic acids is 1. The maximum atomic E-state index is 12.2. The lowest BCUT2D eigenvalue weighted by molar-refractivity contribution is 0.104. The second-order valence-electron chi connectivity index (χ2n) is 3.68. The van der Waals surface area contributed by atoms with Gasteiger partial charge >= 0.3 is 0 Å². The van der Waals surface area contributed by atoms with E-state index in [9.17, 15) is 9.59 Å². The number of pyridine rings is 1. The Morgan fingerprint density at radius 3 is 2.89 bits per heavy atom. The van der Waals surface area contributed by atoms with Crippen LogP contribution in [0.15, 0.2) is 28.4 Å². The smallest absolute Gasteiger partial charge is 0.266 e. The van der Waals surface area contributed by atoms with Gasteiger partial charge in [-0.1, -0.05) is 13.0 Å². The molecule has 2 heterocycles. The standard InChI is InChI=1S/C13H10N2O2S/c1-2-10-9(6-8(7-14)13(17)15-10)12(16)11-4-3-5-18-11/h3-6H,2H2,1H3,(H,15,17). The number of ketones is 1. The number of rotatable bonds is 3. The molecule has 2 aromatic heterocycles. The van der Waals surface area contributed by atoms with Gasteiger partial charge < -0.3 is 4.98 Å². The van der Waals surface area contributed by atoms with Crippen molar-refractivity contribution in [2.45, 2.75) is 13.3 Å². The fourth-order valence-corrected chi connectivity index (χ4v) is 2.35. The Labute approximate surface area is 108 Å². The average Bonchev–Trinajstić information content (AvgIpc) is 2.91. The number of hydrogen-bond acceptors (Lipinski definition) is 4. The van der Waals surface area contributed by atoms with Gasteiger partial charge in [0, 0.05) is 11.3 Å². The highest BCUT2D eigenvalue weighted by atomic mass is 32.1. The van der Waals surface area contributed by atoms with Crippen LogP contribution in [-0.4, -0.2) is 10.8 Å². The normalized spacial score (nSPS) is 10.0. The van der Waals surface area contributed by atoms with Crippen molar-refractivity contribution in [3.8, 4) is 6.07 Å². The fraction of sp³-hybridized carbons (Fsp3) is 0.154. The molecule has 0 bridgehead atoms. The third-order valence-electron chi connectivity index (χ3n) is 2.59. The van der Waals surface area contributed by atoms with E-state index in [-0.39, 0.29) is 11.3 Å². The number of H-pyrrole nitrogens is 1. The highest BCUT2D eigenvalue weighted by molar-refractivity contribution is 7.12. The van der Waals surface area contributed by atoms with E-state index in [1.165, 1.54) is 17.4 Å². The summed E-state index contributed by atoms with van der Waals surface area (Å²) in [5, 5.41) is 10.7. The molecule has 0 saturated heterocycles. The Morgan fingerprint density at radius 1 is 1.56 bits per heavy atom. The third-order valence-corrected chi connectivity index (χ3v) is 3.46. The minimum absolute atomic E-state index is 0.0351. The SMILES string of the molecule is CCc1[nH]c(=O)c(C#N)cc1C(=O)c1cccs1. The van der Waals surface area contributed by atoms with Crippen molar-refractivity contribution in [1.82, 2.24) is 4.98 Å². The molecule has 90 valence electrons. The molecule has 18 heavy (non-hydrogen) atoms. The molecule has 0 unspecified atom stereocenters. The zero-order valence-electron chi connectivity index (χ0n) is 9.69. The van der Waals surface area contributed by atoms with Gasteiger partial charge in [-0.2, -0.15) is 5.26 Å². The third kappa shape index (κ3) is 2.11. The van der Waals surface area contributed by atoms with Crippen LogP contribution in [0.5, 0.6) is 0 Å². The number of nitrogens with zero attached hydrogens (tertiary/aromatic N) is 1. The quantitative estimate of drug-likeness (QED) is 0.857. The highest BCUT2D eigenvalue weighted by Crippen LogP contribution is 2.17. The van der Waals surface area contributed by atoms with E-state index < -0.39 is 5.56 Å². The van der Waals surface area contributed by atoms with Gasteiger partial charge in [0.15, 0.2) is 0 Å². The summed E-state index contributed by atoms with van der Waals surface area (Å²) >= 11 is 1.34. The summed E-state index contributed by atoms with van der Waals surface area (Å²) in [6, 6.07) is 6.69. The van der Waals surface area contributed by atoms with E-state index in [2.05, 4.69) is 4.98 Å². The van der Waals surface area contributed by atoms with Gasteiger partial charge in [0.1, 0.15) is 11.6 Å². The Balaban J connectivity index is 2.60. The summed E-state index contributed by atoms with van der Waals surface area (Å²) in [4.78, 5) is 26.9. The van der Waals surface area contributed by atoms with E-state index >= 15 is 0 Å². The van der Waals surface area contributed by atoms with Crippen molar-refractivity contribution in [2.24, 2.45) is 0 Å². The molecule has 2 rings (SSSR count).